The first-order valence-corrected chi connectivity index (χ1v) is 7.83. The van der Waals surface area contributed by atoms with Gasteiger partial charge in [0, 0.05) is 48.4 Å². The zero-order chi connectivity index (χ0) is 16.4. The van der Waals surface area contributed by atoms with Crippen molar-refractivity contribution in [1.82, 2.24) is 4.98 Å². The van der Waals surface area contributed by atoms with Crippen LogP contribution in [0.5, 0.6) is 0 Å². The maximum absolute atomic E-state index is 11.3. The summed E-state index contributed by atoms with van der Waals surface area (Å²) < 4.78 is 0. The molecule has 0 spiro atoms. The van der Waals surface area contributed by atoms with Crippen molar-refractivity contribution in [2.75, 3.05) is 24.6 Å². The fourth-order valence-corrected chi connectivity index (χ4v) is 3.23. The number of pyridine rings is 1. The highest BCUT2D eigenvalue weighted by Crippen LogP contribution is 2.35. The van der Waals surface area contributed by atoms with Gasteiger partial charge in [0.15, 0.2) is 0 Å². The van der Waals surface area contributed by atoms with Gasteiger partial charge >= 0.3 is 0 Å². The van der Waals surface area contributed by atoms with E-state index in [2.05, 4.69) is 9.88 Å². The monoisotopic (exact) mass is 331 g/mol. The molecule has 1 aromatic carbocycles. The van der Waals surface area contributed by atoms with Crippen LogP contribution in [0.4, 0.5) is 5.69 Å². The Morgan fingerprint density at radius 2 is 2.04 bits per heavy atom. The normalized spacial score (nSPS) is 20.7. The van der Waals surface area contributed by atoms with Crippen molar-refractivity contribution in [2.24, 2.45) is 11.7 Å². The van der Waals surface area contributed by atoms with E-state index in [0.29, 0.717) is 11.6 Å². The van der Waals surface area contributed by atoms with Crippen LogP contribution in [0.25, 0.3) is 0 Å². The van der Waals surface area contributed by atoms with Crippen LogP contribution in [-0.4, -0.2) is 35.7 Å². The fraction of sp³-hybridized carbons (Fsp3) is 0.294. The Labute approximate surface area is 139 Å². The number of hydrogen-bond acceptors (Lipinski definition) is 4. The molecule has 5 nitrogen and oxygen atoms in total. The molecular formula is C17H18ClN3O2. The standard InChI is InChI=1S/C17H18ClN3O2/c18-13-3-1-11(2-4-13)15-9-21(8-12(15)10-22)14-5-6-20-16(7-14)17(19)23/h1-7,12,15,22H,8-10H2,(H2,19,23)/t12-,15-/m0/s1. The third-order valence-electron chi connectivity index (χ3n) is 4.33. The van der Waals surface area contributed by atoms with E-state index in [1.165, 1.54) is 0 Å². The second-order valence-electron chi connectivity index (χ2n) is 5.77. The number of nitrogens with two attached hydrogens (primary N) is 1. The molecule has 23 heavy (non-hydrogen) atoms. The molecule has 2 aromatic rings. The summed E-state index contributed by atoms with van der Waals surface area (Å²) in [5.41, 5.74) is 7.59. The van der Waals surface area contributed by atoms with Crippen molar-refractivity contribution in [2.45, 2.75) is 5.92 Å². The molecule has 120 valence electrons. The number of nitrogens with zero attached hydrogens (tertiary/aromatic N) is 2. The van der Waals surface area contributed by atoms with Gasteiger partial charge in [0.2, 0.25) is 0 Å². The van der Waals surface area contributed by atoms with Crippen LogP contribution in [0.3, 0.4) is 0 Å². The predicted molar refractivity (Wildman–Crippen MR) is 89.7 cm³/mol. The van der Waals surface area contributed by atoms with E-state index in [1.807, 2.05) is 30.3 Å². The number of aliphatic hydroxyl groups is 1. The smallest absolute Gasteiger partial charge is 0.267 e. The third kappa shape index (κ3) is 3.30. The van der Waals surface area contributed by atoms with Gasteiger partial charge in [-0.1, -0.05) is 23.7 Å². The van der Waals surface area contributed by atoms with E-state index in [4.69, 9.17) is 17.3 Å². The Kier molecular flexibility index (Phi) is 4.50. The summed E-state index contributed by atoms with van der Waals surface area (Å²) in [4.78, 5) is 17.4. The Balaban J connectivity index is 1.85. The molecule has 2 atom stereocenters. The van der Waals surface area contributed by atoms with E-state index in [0.717, 1.165) is 17.8 Å². The number of anilines is 1. The van der Waals surface area contributed by atoms with Crippen molar-refractivity contribution in [1.29, 1.82) is 0 Å². The van der Waals surface area contributed by atoms with Crippen molar-refractivity contribution < 1.29 is 9.90 Å². The van der Waals surface area contributed by atoms with Crippen LogP contribution in [0.15, 0.2) is 42.6 Å². The molecule has 3 N–H and O–H groups in total. The number of primary amides is 1. The van der Waals surface area contributed by atoms with Gasteiger partial charge in [0.25, 0.3) is 5.91 Å². The lowest BCUT2D eigenvalue weighted by molar-refractivity contribution is 0.0995. The Bertz CT molecular complexity index is 705. The van der Waals surface area contributed by atoms with Crippen LogP contribution in [0.2, 0.25) is 5.02 Å². The fourth-order valence-electron chi connectivity index (χ4n) is 3.11. The van der Waals surface area contributed by atoms with Crippen molar-refractivity contribution >= 4 is 23.2 Å². The number of halogens is 1. The Hall–Kier alpha value is -2.11. The minimum atomic E-state index is -0.543. The molecule has 0 bridgehead atoms. The average molecular weight is 332 g/mol. The SMILES string of the molecule is NC(=O)c1cc(N2C[C@@H](CO)[C@H](c3ccc(Cl)cc3)C2)ccn1. The minimum absolute atomic E-state index is 0.109. The molecule has 1 amide bonds. The molecule has 1 aliphatic heterocycles. The molecular weight excluding hydrogens is 314 g/mol. The van der Waals surface area contributed by atoms with Gasteiger partial charge in [-0.2, -0.15) is 0 Å². The second kappa shape index (κ2) is 6.56. The minimum Gasteiger partial charge on any atom is -0.396 e. The molecule has 0 saturated carbocycles. The van der Waals surface area contributed by atoms with Gasteiger partial charge in [0.1, 0.15) is 5.69 Å². The van der Waals surface area contributed by atoms with Gasteiger partial charge in [-0.3, -0.25) is 9.78 Å². The van der Waals surface area contributed by atoms with Gasteiger partial charge < -0.3 is 15.7 Å². The van der Waals surface area contributed by atoms with Crippen LogP contribution >= 0.6 is 11.6 Å². The van der Waals surface area contributed by atoms with Gasteiger partial charge in [-0.05, 0) is 29.8 Å². The van der Waals surface area contributed by atoms with Crippen molar-refractivity contribution in [3.63, 3.8) is 0 Å². The number of aliphatic hydroxyl groups excluding tert-OH is 1. The van der Waals surface area contributed by atoms with E-state index in [9.17, 15) is 9.90 Å². The maximum atomic E-state index is 11.3. The lowest BCUT2D eigenvalue weighted by Gasteiger charge is -2.19. The summed E-state index contributed by atoms with van der Waals surface area (Å²) in [7, 11) is 0. The topological polar surface area (TPSA) is 79.5 Å². The highest BCUT2D eigenvalue weighted by atomic mass is 35.5. The largest absolute Gasteiger partial charge is 0.396 e. The number of benzene rings is 1. The first-order chi connectivity index (χ1) is 11.1. The van der Waals surface area contributed by atoms with E-state index in [1.54, 1.807) is 12.3 Å². The zero-order valence-corrected chi connectivity index (χ0v) is 13.3. The number of amides is 1. The highest BCUT2D eigenvalue weighted by Gasteiger charge is 2.33. The van der Waals surface area contributed by atoms with E-state index < -0.39 is 5.91 Å². The van der Waals surface area contributed by atoms with Crippen molar-refractivity contribution in [3.05, 3.63) is 58.9 Å². The number of hydrogen-bond donors (Lipinski definition) is 2. The van der Waals surface area contributed by atoms with Gasteiger partial charge in [-0.25, -0.2) is 0 Å². The first-order valence-electron chi connectivity index (χ1n) is 7.45. The summed E-state index contributed by atoms with van der Waals surface area (Å²) >= 11 is 5.95. The number of carbonyl (C=O) groups is 1. The molecule has 1 fully saturated rings. The van der Waals surface area contributed by atoms with E-state index in [-0.39, 0.29) is 24.1 Å². The summed E-state index contributed by atoms with van der Waals surface area (Å²) in [6.45, 7) is 1.58. The Morgan fingerprint density at radius 1 is 1.30 bits per heavy atom. The van der Waals surface area contributed by atoms with Crippen LogP contribution in [0, 0.1) is 5.92 Å². The zero-order valence-electron chi connectivity index (χ0n) is 12.5. The van der Waals surface area contributed by atoms with Gasteiger partial charge in [-0.15, -0.1) is 0 Å². The first kappa shape index (κ1) is 15.8. The summed E-state index contributed by atoms with van der Waals surface area (Å²) in [5.74, 6) is -0.206. The van der Waals surface area contributed by atoms with Gasteiger partial charge in [0.05, 0.1) is 0 Å². The lowest BCUT2D eigenvalue weighted by Crippen LogP contribution is -2.22. The van der Waals surface area contributed by atoms with E-state index >= 15 is 0 Å². The molecule has 0 unspecified atom stereocenters. The van der Waals surface area contributed by atoms with Crippen LogP contribution in [0.1, 0.15) is 22.0 Å². The predicted octanol–water partition coefficient (Wildman–Crippen LogP) is 2.05. The Morgan fingerprint density at radius 3 is 2.70 bits per heavy atom. The number of aromatic nitrogens is 1. The third-order valence-corrected chi connectivity index (χ3v) is 4.59. The molecule has 0 radical (unpaired) electrons. The number of rotatable bonds is 4. The molecule has 1 aromatic heterocycles. The molecule has 1 saturated heterocycles. The summed E-state index contributed by atoms with van der Waals surface area (Å²) in [6, 6.07) is 11.3. The van der Waals surface area contributed by atoms with Crippen LogP contribution in [-0.2, 0) is 0 Å². The average Bonchev–Trinajstić information content (AvgIpc) is 3.00. The lowest BCUT2D eigenvalue weighted by atomic mass is 9.90. The highest BCUT2D eigenvalue weighted by molar-refractivity contribution is 6.30. The molecule has 0 aliphatic carbocycles. The number of carbonyl (C=O) groups excluding carboxylic acids is 1. The molecule has 3 rings (SSSR count). The second-order valence-corrected chi connectivity index (χ2v) is 6.21. The quantitative estimate of drug-likeness (QED) is 0.898. The maximum Gasteiger partial charge on any atom is 0.267 e. The molecule has 2 heterocycles. The van der Waals surface area contributed by atoms with Crippen molar-refractivity contribution in [3.8, 4) is 0 Å². The summed E-state index contributed by atoms with van der Waals surface area (Å²) in [6.07, 6.45) is 1.58. The van der Waals surface area contributed by atoms with Crippen LogP contribution < -0.4 is 10.6 Å². The molecule has 6 heteroatoms. The molecule has 1 aliphatic rings. The summed E-state index contributed by atoms with van der Waals surface area (Å²) in [5, 5.41) is 10.4.